The second-order valence-electron chi connectivity index (χ2n) is 4.08. The number of halogens is 2. The molecule has 0 saturated heterocycles. The Kier molecular flexibility index (Phi) is 3.43. The van der Waals surface area contributed by atoms with Crippen LogP contribution in [-0.2, 0) is 4.79 Å². The average molecular weight is 314 g/mol. The number of carbonyl (C=O) groups is 1. The van der Waals surface area contributed by atoms with Crippen LogP contribution in [0.5, 0.6) is 0 Å². The predicted molar refractivity (Wildman–Crippen MR) is 78.0 cm³/mol. The highest BCUT2D eigenvalue weighted by molar-refractivity contribution is 8.00. The van der Waals surface area contributed by atoms with Crippen molar-refractivity contribution in [2.24, 2.45) is 0 Å². The van der Waals surface area contributed by atoms with Gasteiger partial charge in [0.1, 0.15) is 5.82 Å². The number of hydrogen-bond donors (Lipinski definition) is 2. The maximum atomic E-state index is 11.6. The summed E-state index contributed by atoms with van der Waals surface area (Å²) < 4.78 is 0. The maximum Gasteiger partial charge on any atom is 0.235 e. The topological polar surface area (TPSA) is 57.8 Å². The fourth-order valence-electron chi connectivity index (χ4n) is 2.00. The van der Waals surface area contributed by atoms with Crippen molar-refractivity contribution in [2.75, 3.05) is 11.1 Å². The third-order valence-corrected chi connectivity index (χ3v) is 4.96. The average Bonchev–Trinajstić information content (AvgIpc) is 2.77. The van der Waals surface area contributed by atoms with Crippen molar-refractivity contribution in [2.45, 2.75) is 5.25 Å². The molecule has 0 radical (unpaired) electrons. The van der Waals surface area contributed by atoms with E-state index in [1.165, 1.54) is 11.8 Å². The Morgan fingerprint density at radius 3 is 3.00 bits per heavy atom. The number of amides is 1. The Labute approximate surface area is 123 Å². The fraction of sp³-hybridized carbons (Fsp3) is 0.167. The van der Waals surface area contributed by atoms with E-state index in [0.29, 0.717) is 21.6 Å². The number of carbonyl (C=O) groups excluding carboxylic acids is 1. The van der Waals surface area contributed by atoms with Gasteiger partial charge in [-0.25, -0.2) is 0 Å². The minimum atomic E-state index is -0.0705. The molecule has 4 nitrogen and oxygen atoms in total. The van der Waals surface area contributed by atoms with Gasteiger partial charge in [0.25, 0.3) is 0 Å². The molecule has 0 fully saturated rings. The summed E-state index contributed by atoms with van der Waals surface area (Å²) in [6, 6.07) is 5.51. The van der Waals surface area contributed by atoms with Gasteiger partial charge in [-0.3, -0.25) is 9.89 Å². The zero-order valence-electron chi connectivity index (χ0n) is 9.61. The number of anilines is 1. The maximum absolute atomic E-state index is 11.6. The monoisotopic (exact) mass is 313 g/mol. The van der Waals surface area contributed by atoms with Gasteiger partial charge in [-0.15, -0.1) is 11.8 Å². The van der Waals surface area contributed by atoms with E-state index in [1.807, 2.05) is 12.1 Å². The molecule has 0 spiro atoms. The third kappa shape index (κ3) is 2.33. The smallest absolute Gasteiger partial charge is 0.235 e. The SMILES string of the molecule is O=C1CS[C@@H](c2cccc(Cl)c2Cl)c2cn[nH]c2N1. The number of nitrogens with one attached hydrogen (secondary N) is 2. The molecule has 3 rings (SSSR count). The summed E-state index contributed by atoms with van der Waals surface area (Å²) in [5.41, 5.74) is 1.79. The molecule has 1 aromatic carbocycles. The van der Waals surface area contributed by atoms with Crippen molar-refractivity contribution < 1.29 is 4.79 Å². The van der Waals surface area contributed by atoms with E-state index >= 15 is 0 Å². The summed E-state index contributed by atoms with van der Waals surface area (Å²) in [6.45, 7) is 0. The van der Waals surface area contributed by atoms with Crippen LogP contribution in [-0.4, -0.2) is 21.9 Å². The summed E-state index contributed by atoms with van der Waals surface area (Å²) in [7, 11) is 0. The van der Waals surface area contributed by atoms with Gasteiger partial charge < -0.3 is 5.32 Å². The van der Waals surface area contributed by atoms with Crippen LogP contribution in [0, 0.1) is 0 Å². The molecular formula is C12H9Cl2N3OS. The summed E-state index contributed by atoms with van der Waals surface area (Å²) >= 11 is 13.8. The van der Waals surface area contributed by atoms with Gasteiger partial charge in [-0.1, -0.05) is 35.3 Å². The quantitative estimate of drug-likeness (QED) is 0.847. The molecule has 1 aliphatic heterocycles. The fourth-order valence-corrected chi connectivity index (χ4v) is 3.61. The highest BCUT2D eigenvalue weighted by Gasteiger charge is 2.27. The molecule has 2 N–H and O–H groups in total. The lowest BCUT2D eigenvalue weighted by Gasteiger charge is -2.15. The van der Waals surface area contributed by atoms with Crippen LogP contribution in [0.1, 0.15) is 16.4 Å². The first-order valence-electron chi connectivity index (χ1n) is 5.55. The Morgan fingerprint density at radius 1 is 1.32 bits per heavy atom. The van der Waals surface area contributed by atoms with Gasteiger partial charge in [-0.05, 0) is 11.6 Å². The molecule has 0 aliphatic carbocycles. The number of nitrogens with zero attached hydrogens (tertiary/aromatic N) is 1. The number of H-pyrrole nitrogens is 1. The molecule has 1 atom stereocenters. The lowest BCUT2D eigenvalue weighted by Crippen LogP contribution is -2.12. The summed E-state index contributed by atoms with van der Waals surface area (Å²) in [4.78, 5) is 11.6. The predicted octanol–water partition coefficient (Wildman–Crippen LogP) is 3.49. The van der Waals surface area contributed by atoms with Crippen LogP contribution in [0.2, 0.25) is 10.0 Å². The summed E-state index contributed by atoms with van der Waals surface area (Å²) in [5.74, 6) is 0.919. The summed E-state index contributed by atoms with van der Waals surface area (Å²) in [5, 5.41) is 10.5. The third-order valence-electron chi connectivity index (χ3n) is 2.86. The Balaban J connectivity index is 2.11. The van der Waals surface area contributed by atoms with E-state index in [4.69, 9.17) is 23.2 Å². The number of rotatable bonds is 1. The highest BCUT2D eigenvalue weighted by atomic mass is 35.5. The number of benzene rings is 1. The second kappa shape index (κ2) is 5.07. The molecule has 2 aromatic rings. The molecule has 2 heterocycles. The molecular weight excluding hydrogens is 305 g/mol. The lowest BCUT2D eigenvalue weighted by molar-refractivity contribution is -0.113. The largest absolute Gasteiger partial charge is 0.310 e. The van der Waals surface area contributed by atoms with Gasteiger partial charge in [0, 0.05) is 5.56 Å². The van der Waals surface area contributed by atoms with Crippen LogP contribution in [0.3, 0.4) is 0 Å². The molecule has 1 aliphatic rings. The normalized spacial score (nSPS) is 18.6. The zero-order valence-corrected chi connectivity index (χ0v) is 11.9. The van der Waals surface area contributed by atoms with E-state index in [-0.39, 0.29) is 11.2 Å². The minimum Gasteiger partial charge on any atom is -0.310 e. The minimum absolute atomic E-state index is 0.0591. The van der Waals surface area contributed by atoms with Crippen LogP contribution >= 0.6 is 35.0 Å². The summed E-state index contributed by atoms with van der Waals surface area (Å²) in [6.07, 6.45) is 1.70. The van der Waals surface area contributed by atoms with Gasteiger partial charge in [0.15, 0.2) is 0 Å². The molecule has 1 amide bonds. The number of aromatic nitrogens is 2. The first-order valence-corrected chi connectivity index (χ1v) is 7.36. The van der Waals surface area contributed by atoms with Crippen LogP contribution in [0.25, 0.3) is 0 Å². The number of fused-ring (bicyclic) bond motifs is 1. The first kappa shape index (κ1) is 12.8. The van der Waals surface area contributed by atoms with Gasteiger partial charge in [-0.2, -0.15) is 5.10 Å². The first-order chi connectivity index (χ1) is 9.16. The van der Waals surface area contributed by atoms with E-state index in [0.717, 1.165) is 11.1 Å². The molecule has 0 unspecified atom stereocenters. The lowest BCUT2D eigenvalue weighted by atomic mass is 10.1. The standard InChI is InChI=1S/C12H9Cl2N3OS/c13-8-3-1-2-6(10(8)14)11-7-4-15-17-12(7)16-9(18)5-19-11/h1-4,11H,5H2,(H2,15,16,17,18)/t11-/m0/s1. The van der Waals surface area contributed by atoms with Crippen molar-refractivity contribution in [1.29, 1.82) is 0 Å². The van der Waals surface area contributed by atoms with E-state index in [2.05, 4.69) is 15.5 Å². The van der Waals surface area contributed by atoms with Gasteiger partial charge in [0.2, 0.25) is 5.91 Å². The number of aromatic amines is 1. The molecule has 1 aromatic heterocycles. The van der Waals surface area contributed by atoms with E-state index in [9.17, 15) is 4.79 Å². The molecule has 0 bridgehead atoms. The number of thioether (sulfide) groups is 1. The Morgan fingerprint density at radius 2 is 2.16 bits per heavy atom. The van der Waals surface area contributed by atoms with Crippen LogP contribution in [0.15, 0.2) is 24.4 Å². The van der Waals surface area contributed by atoms with Crippen molar-refractivity contribution >= 4 is 46.7 Å². The van der Waals surface area contributed by atoms with Crippen LogP contribution in [0.4, 0.5) is 5.82 Å². The van der Waals surface area contributed by atoms with Crippen molar-refractivity contribution in [1.82, 2.24) is 10.2 Å². The Hall–Kier alpha value is -1.17. The number of hydrogen-bond acceptors (Lipinski definition) is 3. The van der Waals surface area contributed by atoms with Crippen molar-refractivity contribution in [3.05, 3.63) is 45.6 Å². The molecule has 7 heteroatoms. The zero-order chi connectivity index (χ0) is 13.4. The van der Waals surface area contributed by atoms with Crippen LogP contribution < -0.4 is 5.32 Å². The van der Waals surface area contributed by atoms with Crippen molar-refractivity contribution in [3.63, 3.8) is 0 Å². The molecule has 0 saturated carbocycles. The van der Waals surface area contributed by atoms with E-state index in [1.54, 1.807) is 12.3 Å². The van der Waals surface area contributed by atoms with Gasteiger partial charge >= 0.3 is 0 Å². The Bertz CT molecular complexity index is 644. The second-order valence-corrected chi connectivity index (χ2v) is 5.96. The van der Waals surface area contributed by atoms with E-state index < -0.39 is 0 Å². The van der Waals surface area contributed by atoms with Gasteiger partial charge in [0.05, 0.1) is 27.2 Å². The highest BCUT2D eigenvalue weighted by Crippen LogP contribution is 2.44. The molecule has 19 heavy (non-hydrogen) atoms. The van der Waals surface area contributed by atoms with Crippen molar-refractivity contribution in [3.8, 4) is 0 Å². The molecule has 98 valence electrons.